The SMILES string of the molecule is O=C(O)c1cc(C2=CC3COCC(C2)N3C(=O)OCC2c3ccccc3-c3ccccc32)ccc1Cl. The normalized spacial score (nSPS) is 20.4. The molecule has 2 aliphatic heterocycles. The summed E-state index contributed by atoms with van der Waals surface area (Å²) in [5, 5.41) is 9.64. The largest absolute Gasteiger partial charge is 0.478 e. The zero-order chi connectivity index (χ0) is 24.8. The van der Waals surface area contributed by atoms with Gasteiger partial charge in [-0.2, -0.15) is 0 Å². The van der Waals surface area contributed by atoms with Gasteiger partial charge in [-0.05, 0) is 51.9 Å². The predicted octanol–water partition coefficient (Wildman–Crippen LogP) is 5.84. The molecular weight excluding hydrogens is 478 g/mol. The lowest BCUT2D eigenvalue weighted by Crippen LogP contribution is -2.56. The number of ether oxygens (including phenoxy) is 2. The Hall–Kier alpha value is -3.61. The number of carboxylic acid groups (broad SMARTS) is 1. The number of halogens is 1. The van der Waals surface area contributed by atoms with E-state index in [1.807, 2.05) is 36.4 Å². The lowest BCUT2D eigenvalue weighted by molar-refractivity contribution is -0.0331. The van der Waals surface area contributed by atoms with Crippen LogP contribution in [0.3, 0.4) is 0 Å². The van der Waals surface area contributed by atoms with E-state index in [0.717, 1.165) is 11.1 Å². The zero-order valence-electron chi connectivity index (χ0n) is 19.4. The Morgan fingerprint density at radius 1 is 1.00 bits per heavy atom. The molecule has 2 bridgehead atoms. The number of benzene rings is 3. The summed E-state index contributed by atoms with van der Waals surface area (Å²) in [6, 6.07) is 21.1. The Balaban J connectivity index is 1.22. The van der Waals surface area contributed by atoms with E-state index in [2.05, 4.69) is 24.3 Å². The van der Waals surface area contributed by atoms with Crippen molar-refractivity contribution in [2.24, 2.45) is 0 Å². The second-order valence-corrected chi connectivity index (χ2v) is 9.77. The number of fused-ring (bicyclic) bond motifs is 5. The molecule has 0 spiro atoms. The minimum Gasteiger partial charge on any atom is -0.478 e. The van der Waals surface area contributed by atoms with Gasteiger partial charge >= 0.3 is 12.1 Å². The maximum atomic E-state index is 13.3. The number of hydrogen-bond donors (Lipinski definition) is 1. The standard InChI is InChI=1S/C29H24ClNO5/c30-27-10-9-17(13-25(27)28(32)33)18-11-19-14-35-15-20(12-18)31(19)29(34)36-16-26-23-7-3-1-5-21(23)22-6-2-4-8-24(22)26/h1-11,13,19-20,26H,12,14-16H2,(H,32,33). The molecule has 2 unspecified atom stereocenters. The Morgan fingerprint density at radius 2 is 1.69 bits per heavy atom. The molecule has 0 aromatic heterocycles. The van der Waals surface area contributed by atoms with Crippen molar-refractivity contribution in [1.29, 1.82) is 0 Å². The Kier molecular flexibility index (Phi) is 5.78. The molecule has 7 heteroatoms. The van der Waals surface area contributed by atoms with Gasteiger partial charge in [0, 0.05) is 5.92 Å². The lowest BCUT2D eigenvalue weighted by atomic mass is 9.89. The minimum atomic E-state index is -1.07. The highest BCUT2D eigenvalue weighted by Gasteiger charge is 2.40. The number of carbonyl (C=O) groups is 2. The average molecular weight is 502 g/mol. The van der Waals surface area contributed by atoms with Crippen LogP contribution in [-0.4, -0.2) is 54.0 Å². The van der Waals surface area contributed by atoms with Gasteiger partial charge in [0.05, 0.1) is 35.9 Å². The van der Waals surface area contributed by atoms with Gasteiger partial charge in [0.15, 0.2) is 0 Å². The van der Waals surface area contributed by atoms with Crippen LogP contribution in [0.1, 0.15) is 39.4 Å². The van der Waals surface area contributed by atoms with Crippen LogP contribution < -0.4 is 0 Å². The van der Waals surface area contributed by atoms with Crippen LogP contribution in [-0.2, 0) is 9.47 Å². The van der Waals surface area contributed by atoms with Gasteiger partial charge in [0.25, 0.3) is 0 Å². The third-order valence-electron chi connectivity index (χ3n) is 7.31. The number of hydrogen-bond acceptors (Lipinski definition) is 4. The molecule has 182 valence electrons. The summed E-state index contributed by atoms with van der Waals surface area (Å²) in [6.07, 6.45) is 2.17. The van der Waals surface area contributed by atoms with Gasteiger partial charge in [0.1, 0.15) is 6.61 Å². The number of nitrogens with zero attached hydrogens (tertiary/aromatic N) is 1. The number of carbonyl (C=O) groups excluding carboxylic acids is 1. The van der Waals surface area contributed by atoms with E-state index in [4.69, 9.17) is 21.1 Å². The summed E-state index contributed by atoms with van der Waals surface area (Å²) < 4.78 is 11.7. The molecule has 36 heavy (non-hydrogen) atoms. The van der Waals surface area contributed by atoms with Gasteiger partial charge in [-0.25, -0.2) is 9.59 Å². The van der Waals surface area contributed by atoms with Crippen molar-refractivity contribution in [2.45, 2.75) is 24.4 Å². The van der Waals surface area contributed by atoms with E-state index in [0.29, 0.717) is 19.6 Å². The van der Waals surface area contributed by atoms with Crippen molar-refractivity contribution >= 4 is 29.2 Å². The zero-order valence-corrected chi connectivity index (χ0v) is 20.1. The van der Waals surface area contributed by atoms with Crippen molar-refractivity contribution in [1.82, 2.24) is 4.90 Å². The molecule has 2 atom stereocenters. The first-order valence-electron chi connectivity index (χ1n) is 12.0. The molecule has 1 aliphatic carbocycles. The highest BCUT2D eigenvalue weighted by atomic mass is 35.5. The predicted molar refractivity (Wildman–Crippen MR) is 136 cm³/mol. The summed E-state index contributed by atoms with van der Waals surface area (Å²) >= 11 is 6.05. The molecular formula is C29H24ClNO5. The topological polar surface area (TPSA) is 76.1 Å². The molecule has 1 amide bonds. The molecule has 6 rings (SSSR count). The van der Waals surface area contributed by atoms with Crippen molar-refractivity contribution in [2.75, 3.05) is 19.8 Å². The molecule has 1 saturated heterocycles. The molecule has 0 saturated carbocycles. The first kappa shape index (κ1) is 22.8. The number of amides is 1. The van der Waals surface area contributed by atoms with Crippen molar-refractivity contribution in [3.63, 3.8) is 0 Å². The van der Waals surface area contributed by atoms with Crippen LogP contribution >= 0.6 is 11.6 Å². The van der Waals surface area contributed by atoms with E-state index in [-0.39, 0.29) is 41.3 Å². The lowest BCUT2D eigenvalue weighted by Gasteiger charge is -2.44. The number of aromatic carboxylic acids is 1. The number of rotatable bonds is 4. The van der Waals surface area contributed by atoms with E-state index in [1.165, 1.54) is 22.3 Å². The second kappa shape index (κ2) is 9.12. The number of morpholine rings is 1. The minimum absolute atomic E-state index is 0.00292. The summed E-state index contributed by atoms with van der Waals surface area (Å²) in [7, 11) is 0. The van der Waals surface area contributed by atoms with Crippen LogP contribution in [0.25, 0.3) is 16.7 Å². The van der Waals surface area contributed by atoms with Crippen molar-refractivity contribution in [3.8, 4) is 11.1 Å². The van der Waals surface area contributed by atoms with E-state index < -0.39 is 5.97 Å². The highest BCUT2D eigenvalue weighted by molar-refractivity contribution is 6.33. The molecule has 3 aromatic carbocycles. The van der Waals surface area contributed by atoms with Crippen LogP contribution in [0, 0.1) is 0 Å². The Bertz CT molecular complexity index is 1350. The summed E-state index contributed by atoms with van der Waals surface area (Å²) in [4.78, 5) is 26.7. The fraction of sp³-hybridized carbons (Fsp3) is 0.241. The van der Waals surface area contributed by atoms with E-state index >= 15 is 0 Å². The number of carboxylic acids is 1. The smallest absolute Gasteiger partial charge is 0.410 e. The first-order valence-corrected chi connectivity index (χ1v) is 12.3. The molecule has 3 aromatic rings. The molecule has 0 radical (unpaired) electrons. The molecule has 1 N–H and O–H groups in total. The highest BCUT2D eigenvalue weighted by Crippen LogP contribution is 2.44. The average Bonchev–Trinajstić information content (AvgIpc) is 3.20. The quantitative estimate of drug-likeness (QED) is 0.485. The Labute approximate surface area is 213 Å². The molecule has 2 heterocycles. The van der Waals surface area contributed by atoms with Crippen LogP contribution in [0.4, 0.5) is 4.79 Å². The van der Waals surface area contributed by atoms with Crippen molar-refractivity contribution < 1.29 is 24.2 Å². The van der Waals surface area contributed by atoms with Gasteiger partial charge in [-0.1, -0.05) is 72.3 Å². The third kappa shape index (κ3) is 3.87. The van der Waals surface area contributed by atoms with Crippen LogP contribution in [0.15, 0.2) is 72.8 Å². The second-order valence-electron chi connectivity index (χ2n) is 9.37. The fourth-order valence-electron chi connectivity index (χ4n) is 5.65. The summed E-state index contributed by atoms with van der Waals surface area (Å²) in [6.45, 7) is 1.03. The van der Waals surface area contributed by atoms with E-state index in [9.17, 15) is 14.7 Å². The molecule has 6 nitrogen and oxygen atoms in total. The first-order chi connectivity index (χ1) is 17.5. The van der Waals surface area contributed by atoms with Gasteiger partial charge in [-0.3, -0.25) is 4.90 Å². The van der Waals surface area contributed by atoms with Crippen LogP contribution in [0.5, 0.6) is 0 Å². The maximum Gasteiger partial charge on any atom is 0.410 e. The van der Waals surface area contributed by atoms with Crippen molar-refractivity contribution in [3.05, 3.63) is 100 Å². The van der Waals surface area contributed by atoms with E-state index in [1.54, 1.807) is 17.0 Å². The van der Waals surface area contributed by atoms with Gasteiger partial charge < -0.3 is 14.6 Å². The summed E-state index contributed by atoms with van der Waals surface area (Å²) in [5.41, 5.74) is 6.56. The van der Waals surface area contributed by atoms with Crippen LogP contribution in [0.2, 0.25) is 5.02 Å². The summed E-state index contributed by atoms with van der Waals surface area (Å²) in [5.74, 6) is -1.07. The molecule has 3 aliphatic rings. The Morgan fingerprint density at radius 3 is 2.36 bits per heavy atom. The third-order valence-corrected chi connectivity index (χ3v) is 7.64. The maximum absolute atomic E-state index is 13.3. The molecule has 1 fully saturated rings. The fourth-order valence-corrected chi connectivity index (χ4v) is 5.85. The van der Waals surface area contributed by atoms with Gasteiger partial charge in [-0.15, -0.1) is 0 Å². The van der Waals surface area contributed by atoms with Gasteiger partial charge in [0.2, 0.25) is 0 Å². The monoisotopic (exact) mass is 501 g/mol.